The first kappa shape index (κ1) is 19.0. The van der Waals surface area contributed by atoms with Crippen LogP contribution < -0.4 is 10.6 Å². The normalized spacial score (nSPS) is 10.4. The summed E-state index contributed by atoms with van der Waals surface area (Å²) in [6.45, 7) is 9.09. The maximum atomic E-state index is 2.31. The molecule has 2 heteroatoms. The van der Waals surface area contributed by atoms with Gasteiger partial charge in [-0.25, -0.2) is 0 Å². The second-order valence-electron chi connectivity index (χ2n) is 5.44. The SMILES string of the molecule is CCc1cccc(CC)c1Pc1c(CC)cccc1CC.[B]. The van der Waals surface area contributed by atoms with Gasteiger partial charge in [0, 0.05) is 8.41 Å². The molecule has 3 radical (unpaired) electrons. The summed E-state index contributed by atoms with van der Waals surface area (Å²) in [6.07, 6.45) is 4.52. The molecule has 0 bridgehead atoms. The lowest BCUT2D eigenvalue weighted by atomic mass is 10.1. The number of hydrogen-bond donors (Lipinski definition) is 0. The molecule has 0 aliphatic heterocycles. The van der Waals surface area contributed by atoms with Crippen LogP contribution >= 0.6 is 8.58 Å². The molecule has 0 N–H and O–H groups in total. The molecule has 0 unspecified atom stereocenters. The fourth-order valence-corrected chi connectivity index (χ4v) is 4.86. The third-order valence-electron chi connectivity index (χ3n) is 4.25. The average molecular weight is 309 g/mol. The molecular weight excluding hydrogens is 282 g/mol. The van der Waals surface area contributed by atoms with E-state index in [9.17, 15) is 0 Å². The van der Waals surface area contributed by atoms with Crippen LogP contribution in [-0.4, -0.2) is 8.41 Å². The second-order valence-corrected chi connectivity index (χ2v) is 6.69. The molecule has 2 aromatic rings. The molecule has 115 valence electrons. The molecule has 2 rings (SSSR count). The summed E-state index contributed by atoms with van der Waals surface area (Å²) in [4.78, 5) is 0. The molecule has 0 nitrogen and oxygen atoms in total. The highest BCUT2D eigenvalue weighted by Crippen LogP contribution is 2.23. The van der Waals surface area contributed by atoms with Gasteiger partial charge in [-0.15, -0.1) is 0 Å². The van der Waals surface area contributed by atoms with Gasteiger partial charge >= 0.3 is 0 Å². The molecule has 0 aromatic heterocycles. The van der Waals surface area contributed by atoms with E-state index in [0.717, 1.165) is 34.3 Å². The lowest BCUT2D eigenvalue weighted by Crippen LogP contribution is -2.18. The first-order valence-corrected chi connectivity index (χ1v) is 9.23. The van der Waals surface area contributed by atoms with Gasteiger partial charge in [0.25, 0.3) is 0 Å². The Hall–Kier alpha value is -1.07. The summed E-state index contributed by atoms with van der Waals surface area (Å²) in [7, 11) is 0.799. The van der Waals surface area contributed by atoms with E-state index in [1.807, 2.05) is 0 Å². The van der Waals surface area contributed by atoms with Gasteiger partial charge in [-0.05, 0) is 58.5 Å². The summed E-state index contributed by atoms with van der Waals surface area (Å²) in [6, 6.07) is 13.7. The van der Waals surface area contributed by atoms with E-state index >= 15 is 0 Å². The summed E-state index contributed by atoms with van der Waals surface area (Å²) in [5.74, 6) is 0. The average Bonchev–Trinajstić information content (AvgIpc) is 2.55. The minimum Gasteiger partial charge on any atom is -0.0617 e. The molecule has 0 atom stereocenters. The Balaban J connectivity index is 0.00000242. The van der Waals surface area contributed by atoms with Crippen molar-refractivity contribution in [2.45, 2.75) is 53.4 Å². The summed E-state index contributed by atoms with van der Waals surface area (Å²) in [5.41, 5.74) is 6.11. The van der Waals surface area contributed by atoms with E-state index in [-0.39, 0.29) is 8.41 Å². The van der Waals surface area contributed by atoms with Crippen LogP contribution in [0.4, 0.5) is 0 Å². The van der Waals surface area contributed by atoms with Gasteiger partial charge in [-0.2, -0.15) is 0 Å². The first-order chi connectivity index (χ1) is 10.2. The monoisotopic (exact) mass is 309 g/mol. The predicted molar refractivity (Wildman–Crippen MR) is 104 cm³/mol. The molecule has 0 saturated heterocycles. The van der Waals surface area contributed by atoms with E-state index in [1.54, 1.807) is 10.6 Å². The van der Waals surface area contributed by atoms with Crippen molar-refractivity contribution in [3.63, 3.8) is 0 Å². The maximum Gasteiger partial charge on any atom is 0 e. The Morgan fingerprint density at radius 1 is 0.591 bits per heavy atom. The largest absolute Gasteiger partial charge is 0.0617 e. The van der Waals surface area contributed by atoms with E-state index in [2.05, 4.69) is 64.1 Å². The molecule has 0 spiro atoms. The Bertz CT molecular complexity index is 507. The van der Waals surface area contributed by atoms with Crippen molar-refractivity contribution in [1.29, 1.82) is 0 Å². The predicted octanol–water partition coefficient (Wildman–Crippen LogP) is 4.18. The van der Waals surface area contributed by atoms with Crippen molar-refractivity contribution in [3.8, 4) is 0 Å². The van der Waals surface area contributed by atoms with Crippen molar-refractivity contribution in [3.05, 3.63) is 58.7 Å². The van der Waals surface area contributed by atoms with Crippen LogP contribution in [-0.2, 0) is 25.7 Å². The maximum absolute atomic E-state index is 2.31. The minimum absolute atomic E-state index is 0. The molecule has 0 aliphatic rings. The number of aryl methyl sites for hydroxylation is 4. The van der Waals surface area contributed by atoms with E-state index < -0.39 is 0 Å². The first-order valence-electron chi connectivity index (χ1n) is 8.23. The number of benzene rings is 2. The quantitative estimate of drug-likeness (QED) is 0.554. The molecule has 0 amide bonds. The van der Waals surface area contributed by atoms with Gasteiger partial charge in [-0.1, -0.05) is 72.7 Å². The van der Waals surface area contributed by atoms with Crippen LogP contribution in [0.15, 0.2) is 36.4 Å². The van der Waals surface area contributed by atoms with Crippen molar-refractivity contribution in [2.24, 2.45) is 0 Å². The number of rotatable bonds is 6. The van der Waals surface area contributed by atoms with E-state index in [4.69, 9.17) is 0 Å². The zero-order valence-electron chi connectivity index (χ0n) is 14.4. The zero-order valence-corrected chi connectivity index (χ0v) is 15.4. The Labute approximate surface area is 140 Å². The van der Waals surface area contributed by atoms with Gasteiger partial charge in [0.1, 0.15) is 0 Å². The zero-order chi connectivity index (χ0) is 15.2. The smallest absolute Gasteiger partial charge is 0 e. The van der Waals surface area contributed by atoms with Crippen LogP contribution in [0.1, 0.15) is 49.9 Å². The highest BCUT2D eigenvalue weighted by Gasteiger charge is 2.12. The van der Waals surface area contributed by atoms with Crippen LogP contribution in [0.2, 0.25) is 0 Å². The van der Waals surface area contributed by atoms with E-state index in [1.165, 1.54) is 22.3 Å². The third-order valence-corrected chi connectivity index (χ3v) is 6.03. The number of hydrogen-bond acceptors (Lipinski definition) is 0. The second kappa shape index (κ2) is 9.16. The van der Waals surface area contributed by atoms with Crippen LogP contribution in [0, 0.1) is 0 Å². The van der Waals surface area contributed by atoms with Crippen LogP contribution in [0.25, 0.3) is 0 Å². The van der Waals surface area contributed by atoms with Crippen molar-refractivity contribution in [1.82, 2.24) is 0 Å². The summed E-state index contributed by atoms with van der Waals surface area (Å²) in [5, 5.41) is 3.19. The van der Waals surface area contributed by atoms with Crippen LogP contribution in [0.3, 0.4) is 0 Å². The molecule has 0 heterocycles. The summed E-state index contributed by atoms with van der Waals surface area (Å²) >= 11 is 0. The van der Waals surface area contributed by atoms with Crippen molar-refractivity contribution >= 4 is 27.6 Å². The van der Waals surface area contributed by atoms with Crippen molar-refractivity contribution < 1.29 is 0 Å². The van der Waals surface area contributed by atoms with Gasteiger partial charge in [0.15, 0.2) is 0 Å². The molecule has 0 fully saturated rings. The Kier molecular flexibility index (Phi) is 7.90. The molecule has 2 aromatic carbocycles. The fraction of sp³-hybridized carbons (Fsp3) is 0.400. The molecule has 0 saturated carbocycles. The van der Waals surface area contributed by atoms with Gasteiger partial charge < -0.3 is 0 Å². The topological polar surface area (TPSA) is 0 Å². The standard InChI is InChI=1S/C20H27P.B/c1-5-15-11-9-12-16(6-2)19(15)21-20-17(7-3)13-10-14-18(20)8-4;/h9-14,21H,5-8H2,1-4H3;. The Morgan fingerprint density at radius 3 is 1.09 bits per heavy atom. The molecule has 22 heavy (non-hydrogen) atoms. The third kappa shape index (κ3) is 4.02. The van der Waals surface area contributed by atoms with Gasteiger partial charge in [-0.3, -0.25) is 0 Å². The van der Waals surface area contributed by atoms with E-state index in [0.29, 0.717) is 0 Å². The highest BCUT2D eigenvalue weighted by atomic mass is 31.1. The fourth-order valence-electron chi connectivity index (χ4n) is 2.93. The lowest BCUT2D eigenvalue weighted by Gasteiger charge is -2.18. The molecule has 0 aliphatic carbocycles. The highest BCUT2D eigenvalue weighted by molar-refractivity contribution is 7.56. The minimum atomic E-state index is 0. The van der Waals surface area contributed by atoms with Gasteiger partial charge in [0.05, 0.1) is 0 Å². The summed E-state index contributed by atoms with van der Waals surface area (Å²) < 4.78 is 0. The van der Waals surface area contributed by atoms with Gasteiger partial charge in [0.2, 0.25) is 0 Å². The molecular formula is C20H27BP. The van der Waals surface area contributed by atoms with Crippen LogP contribution in [0.5, 0.6) is 0 Å². The Morgan fingerprint density at radius 2 is 0.864 bits per heavy atom. The lowest BCUT2D eigenvalue weighted by molar-refractivity contribution is 1.10. The van der Waals surface area contributed by atoms with Crippen molar-refractivity contribution in [2.75, 3.05) is 0 Å².